The third kappa shape index (κ3) is 3.07. The molecule has 1 saturated heterocycles. The molecule has 3 amide bonds. The van der Waals surface area contributed by atoms with E-state index in [4.69, 9.17) is 5.73 Å². The molecule has 7 heteroatoms. The number of nitrogens with two attached hydrogens (primary N) is 1. The van der Waals surface area contributed by atoms with Crippen molar-refractivity contribution in [3.63, 3.8) is 0 Å². The highest BCUT2D eigenvalue weighted by Crippen LogP contribution is 2.52. The summed E-state index contributed by atoms with van der Waals surface area (Å²) in [5, 5.41) is 5.97. The minimum absolute atomic E-state index is 0.119. The molecule has 0 spiro atoms. The van der Waals surface area contributed by atoms with E-state index in [1.54, 1.807) is 4.90 Å². The number of hydrogen-bond donors (Lipinski definition) is 3. The Hall–Kier alpha value is -2.25. The van der Waals surface area contributed by atoms with Gasteiger partial charge in [-0.2, -0.15) is 0 Å². The van der Waals surface area contributed by atoms with E-state index in [2.05, 4.69) is 16.7 Å². The molecular formula is C22H28N4O3. The number of fused-ring (bicyclic) bond motifs is 3. The van der Waals surface area contributed by atoms with Gasteiger partial charge in [0.25, 0.3) is 5.91 Å². The summed E-state index contributed by atoms with van der Waals surface area (Å²) in [5.74, 6) is 0.0463. The van der Waals surface area contributed by atoms with Gasteiger partial charge in [0.1, 0.15) is 6.04 Å². The summed E-state index contributed by atoms with van der Waals surface area (Å²) in [6.07, 6.45) is 5.55. The first kappa shape index (κ1) is 18.8. The standard InChI is InChI=1S/C22H28N4O3/c23-18-8-13-6-7-22(18,9-13)12-24-10-14-2-1-3-15-16(14)11-26(21(15)29)17-4-5-19(27)25-20(17)28/h1-3,13,17-18,24H,4-12,23H2,(H,25,27,28). The van der Waals surface area contributed by atoms with E-state index in [1.165, 1.54) is 19.3 Å². The van der Waals surface area contributed by atoms with Crippen LogP contribution in [-0.4, -0.2) is 41.2 Å². The smallest absolute Gasteiger partial charge is 0.255 e. The van der Waals surface area contributed by atoms with Crippen molar-refractivity contribution in [2.24, 2.45) is 17.1 Å². The first-order valence-corrected chi connectivity index (χ1v) is 10.7. The highest BCUT2D eigenvalue weighted by Gasteiger charge is 2.50. The number of hydrogen-bond acceptors (Lipinski definition) is 5. The number of carbonyl (C=O) groups is 3. The molecule has 5 rings (SSSR count). The zero-order chi connectivity index (χ0) is 20.2. The molecule has 2 aliphatic heterocycles. The Bertz CT molecular complexity index is 885. The van der Waals surface area contributed by atoms with Gasteiger partial charge in [-0.15, -0.1) is 0 Å². The zero-order valence-corrected chi connectivity index (χ0v) is 16.6. The number of rotatable bonds is 5. The number of amides is 3. The maximum atomic E-state index is 12.9. The number of imide groups is 1. The number of piperidine rings is 1. The lowest BCUT2D eigenvalue weighted by Crippen LogP contribution is -2.52. The predicted molar refractivity (Wildman–Crippen MR) is 107 cm³/mol. The molecule has 2 saturated carbocycles. The molecule has 2 heterocycles. The molecule has 29 heavy (non-hydrogen) atoms. The minimum Gasteiger partial charge on any atom is -0.327 e. The Morgan fingerprint density at radius 2 is 2.10 bits per heavy atom. The van der Waals surface area contributed by atoms with Gasteiger partial charge < -0.3 is 16.0 Å². The average Bonchev–Trinajstić information content (AvgIpc) is 3.34. The molecule has 3 fully saturated rings. The Labute approximate surface area is 170 Å². The van der Waals surface area contributed by atoms with Crippen LogP contribution in [0.5, 0.6) is 0 Å². The van der Waals surface area contributed by atoms with Gasteiger partial charge in [0.05, 0.1) is 0 Å². The highest BCUT2D eigenvalue weighted by molar-refractivity contribution is 6.05. The molecule has 4 N–H and O–H groups in total. The Kier molecular flexibility index (Phi) is 4.47. The van der Waals surface area contributed by atoms with Crippen molar-refractivity contribution < 1.29 is 14.4 Å². The molecule has 2 aliphatic carbocycles. The third-order valence-corrected chi connectivity index (χ3v) is 7.59. The van der Waals surface area contributed by atoms with E-state index < -0.39 is 6.04 Å². The van der Waals surface area contributed by atoms with Crippen LogP contribution in [0, 0.1) is 11.3 Å². The van der Waals surface area contributed by atoms with Gasteiger partial charge >= 0.3 is 0 Å². The fourth-order valence-electron chi connectivity index (χ4n) is 5.97. The van der Waals surface area contributed by atoms with Crippen LogP contribution < -0.4 is 16.4 Å². The number of nitrogens with one attached hydrogen (secondary N) is 2. The van der Waals surface area contributed by atoms with Crippen LogP contribution in [-0.2, 0) is 22.7 Å². The summed E-state index contributed by atoms with van der Waals surface area (Å²) < 4.78 is 0. The molecule has 4 unspecified atom stereocenters. The highest BCUT2D eigenvalue weighted by atomic mass is 16.2. The van der Waals surface area contributed by atoms with E-state index in [0.29, 0.717) is 31.1 Å². The van der Waals surface area contributed by atoms with Gasteiger partial charge in [-0.25, -0.2) is 0 Å². The normalized spacial score (nSPS) is 33.3. The van der Waals surface area contributed by atoms with Gasteiger partial charge in [-0.05, 0) is 60.6 Å². The van der Waals surface area contributed by atoms with Crippen molar-refractivity contribution in [2.45, 2.75) is 63.7 Å². The Morgan fingerprint density at radius 1 is 1.24 bits per heavy atom. The van der Waals surface area contributed by atoms with E-state index in [-0.39, 0.29) is 29.6 Å². The molecule has 4 aliphatic rings. The molecule has 4 atom stereocenters. The number of nitrogens with zero attached hydrogens (tertiary/aromatic N) is 1. The Balaban J connectivity index is 1.28. The summed E-state index contributed by atoms with van der Waals surface area (Å²) in [7, 11) is 0. The fourth-order valence-corrected chi connectivity index (χ4v) is 5.97. The van der Waals surface area contributed by atoms with Crippen molar-refractivity contribution in [3.05, 3.63) is 34.9 Å². The number of benzene rings is 1. The fraction of sp³-hybridized carbons (Fsp3) is 0.591. The summed E-state index contributed by atoms with van der Waals surface area (Å²) in [5.41, 5.74) is 9.41. The molecule has 154 valence electrons. The number of carbonyl (C=O) groups excluding carboxylic acids is 3. The predicted octanol–water partition coefficient (Wildman–Crippen LogP) is 1.05. The van der Waals surface area contributed by atoms with Crippen molar-refractivity contribution >= 4 is 17.7 Å². The molecular weight excluding hydrogens is 368 g/mol. The van der Waals surface area contributed by atoms with Crippen LogP contribution in [0.15, 0.2) is 18.2 Å². The van der Waals surface area contributed by atoms with Crippen LogP contribution in [0.25, 0.3) is 0 Å². The van der Waals surface area contributed by atoms with Gasteiger partial charge in [0, 0.05) is 37.7 Å². The molecule has 0 aromatic heterocycles. The molecule has 1 aromatic carbocycles. The SMILES string of the molecule is NC1CC2CCC1(CNCc1cccc3c1CN(C1CCC(=O)NC1=O)C3=O)C2. The van der Waals surface area contributed by atoms with E-state index in [0.717, 1.165) is 30.0 Å². The summed E-state index contributed by atoms with van der Waals surface area (Å²) >= 11 is 0. The second-order valence-corrected chi connectivity index (χ2v) is 9.26. The second-order valence-electron chi connectivity index (χ2n) is 9.26. The third-order valence-electron chi connectivity index (χ3n) is 7.59. The topological polar surface area (TPSA) is 105 Å². The zero-order valence-electron chi connectivity index (χ0n) is 16.6. The van der Waals surface area contributed by atoms with Gasteiger partial charge in [-0.3, -0.25) is 19.7 Å². The van der Waals surface area contributed by atoms with Crippen molar-refractivity contribution in [1.29, 1.82) is 0 Å². The summed E-state index contributed by atoms with van der Waals surface area (Å²) in [6.45, 7) is 2.03. The lowest BCUT2D eigenvalue weighted by molar-refractivity contribution is -0.136. The lowest BCUT2D eigenvalue weighted by Gasteiger charge is -2.33. The van der Waals surface area contributed by atoms with Crippen molar-refractivity contribution in [3.8, 4) is 0 Å². The van der Waals surface area contributed by atoms with E-state index in [9.17, 15) is 14.4 Å². The first-order chi connectivity index (χ1) is 14.0. The molecule has 0 radical (unpaired) electrons. The second kappa shape index (κ2) is 6.92. The monoisotopic (exact) mass is 396 g/mol. The maximum absolute atomic E-state index is 12.9. The van der Waals surface area contributed by atoms with Gasteiger partial charge in [0.15, 0.2) is 0 Å². The summed E-state index contributed by atoms with van der Waals surface area (Å²) in [6, 6.07) is 5.52. The van der Waals surface area contributed by atoms with Crippen molar-refractivity contribution in [2.75, 3.05) is 6.54 Å². The largest absolute Gasteiger partial charge is 0.327 e. The lowest BCUT2D eigenvalue weighted by atomic mass is 9.80. The molecule has 1 aromatic rings. The van der Waals surface area contributed by atoms with Crippen LogP contribution in [0.1, 0.15) is 60.0 Å². The maximum Gasteiger partial charge on any atom is 0.255 e. The van der Waals surface area contributed by atoms with E-state index in [1.807, 2.05) is 12.1 Å². The van der Waals surface area contributed by atoms with Gasteiger partial charge in [0.2, 0.25) is 11.8 Å². The first-order valence-electron chi connectivity index (χ1n) is 10.7. The molecule has 2 bridgehead atoms. The quantitative estimate of drug-likeness (QED) is 0.646. The van der Waals surface area contributed by atoms with Gasteiger partial charge in [-0.1, -0.05) is 12.1 Å². The van der Waals surface area contributed by atoms with Crippen LogP contribution in [0.2, 0.25) is 0 Å². The van der Waals surface area contributed by atoms with Crippen LogP contribution in [0.3, 0.4) is 0 Å². The average molecular weight is 396 g/mol. The van der Waals surface area contributed by atoms with Crippen molar-refractivity contribution in [1.82, 2.24) is 15.5 Å². The Morgan fingerprint density at radius 3 is 2.83 bits per heavy atom. The summed E-state index contributed by atoms with van der Waals surface area (Å²) in [4.78, 5) is 38.2. The minimum atomic E-state index is -0.570. The van der Waals surface area contributed by atoms with E-state index >= 15 is 0 Å². The van der Waals surface area contributed by atoms with Crippen LogP contribution in [0.4, 0.5) is 0 Å². The van der Waals surface area contributed by atoms with Crippen LogP contribution >= 0.6 is 0 Å². The molecule has 7 nitrogen and oxygen atoms in total.